The Labute approximate surface area is 343 Å². The average molecular weight is 699 g/mol. The van der Waals surface area contributed by atoms with Gasteiger partial charge in [-0.25, -0.2) is 0 Å². The van der Waals surface area contributed by atoms with Gasteiger partial charge in [0.1, 0.15) is 11.2 Å². The van der Waals surface area contributed by atoms with Crippen molar-refractivity contribution >= 4 is 65.0 Å². The molecule has 11 aromatic rings. The number of benzene rings is 10. The maximum absolute atomic E-state index is 9.94. The fourth-order valence-electron chi connectivity index (χ4n) is 6.91. The van der Waals surface area contributed by atoms with E-state index in [-0.39, 0.29) is 55.0 Å². The first-order valence-corrected chi connectivity index (χ1v) is 16.1. The van der Waals surface area contributed by atoms with Gasteiger partial charge >= 0.3 is 0 Å². The minimum absolute atomic E-state index is 0.0301. The van der Waals surface area contributed by atoms with Crippen molar-refractivity contribution in [3.05, 3.63) is 194 Å². The summed E-state index contributed by atoms with van der Waals surface area (Å²) in [6.45, 7) is 0. The molecule has 10 aromatic carbocycles. The van der Waals surface area contributed by atoms with Gasteiger partial charge in [-0.2, -0.15) is 0 Å². The van der Waals surface area contributed by atoms with Gasteiger partial charge in [-0.15, -0.1) is 0 Å². The molecule has 1 nitrogen and oxygen atoms in total. The highest BCUT2D eigenvalue weighted by molar-refractivity contribution is 6.24. The minimum atomic E-state index is -1.01. The second kappa shape index (κ2) is 11.8. The molecule has 0 radical (unpaired) electrons. The monoisotopic (exact) mass is 698 g/mol. The molecule has 0 bridgehead atoms. The van der Waals surface area contributed by atoms with Crippen LogP contribution in [0.15, 0.2) is 198 Å². The highest BCUT2D eigenvalue weighted by atomic mass is 16.3. The Bertz CT molecular complexity index is 4650. The first kappa shape index (κ1) is 13.9. The quantitative estimate of drug-likeness (QED) is 0.167. The molecule has 1 heterocycles. The molecule has 0 unspecified atom stereocenters. The molecule has 0 saturated heterocycles. The lowest BCUT2D eigenvalue weighted by atomic mass is 9.83. The van der Waals surface area contributed by atoms with Crippen molar-refractivity contribution < 1.29 is 40.1 Å². The standard InChI is InChI=1S/C52H32O/c1-2-17-37-33(13-1)14-12-25-38(37)34-15-11-16-36(31-34)51-43-21-5-7-23-45(43)52(46-24-8-6-22-44(46)51)47-29-28-39(40-18-3-4-19-41(40)47)35-27-30-50-48(32-35)42-20-9-10-26-49(42)53-50/h1-32H/i1D,2D,5D,6D,7D,8D,9D,10D,11D,12D,13D,14D,15D,16D,17D,20D,21D,22D,23D,24D,25D,26D,27D,30D,31D,32D. The molecular formula is C52H32O. The molecule has 0 atom stereocenters. The van der Waals surface area contributed by atoms with Crippen LogP contribution in [0.1, 0.15) is 35.6 Å². The Morgan fingerprint density at radius 2 is 0.868 bits per heavy atom. The normalized spacial score (nSPS) is 18.6. The van der Waals surface area contributed by atoms with E-state index in [1.54, 1.807) is 24.3 Å². The average Bonchev–Trinajstić information content (AvgIpc) is 3.35. The maximum Gasteiger partial charge on any atom is 0.135 e. The van der Waals surface area contributed by atoms with Gasteiger partial charge in [0.25, 0.3) is 0 Å². The number of hydrogen-bond acceptors (Lipinski definition) is 1. The second-order valence-electron chi connectivity index (χ2n) is 12.0. The lowest BCUT2D eigenvalue weighted by molar-refractivity contribution is 0.669. The largest absolute Gasteiger partial charge is 0.456 e. The first-order chi connectivity index (χ1) is 37.1. The predicted octanol–water partition coefficient (Wildman–Crippen LogP) is 14.9. The predicted molar refractivity (Wildman–Crippen MR) is 225 cm³/mol. The molecule has 0 fully saturated rings. The molecule has 11 rings (SSSR count). The Hall–Kier alpha value is -6.96. The summed E-state index contributed by atoms with van der Waals surface area (Å²) in [7, 11) is 0. The van der Waals surface area contributed by atoms with Gasteiger partial charge in [-0.1, -0.05) is 169 Å². The topological polar surface area (TPSA) is 13.1 Å². The summed E-state index contributed by atoms with van der Waals surface area (Å²) in [5.41, 5.74) is -3.85. The zero-order valence-electron chi connectivity index (χ0n) is 52.9. The van der Waals surface area contributed by atoms with Gasteiger partial charge in [0, 0.05) is 10.8 Å². The third-order valence-electron chi connectivity index (χ3n) is 9.16. The smallest absolute Gasteiger partial charge is 0.135 e. The van der Waals surface area contributed by atoms with E-state index in [0.29, 0.717) is 0 Å². The molecule has 0 N–H and O–H groups in total. The van der Waals surface area contributed by atoms with Gasteiger partial charge in [-0.05, 0) is 112 Å². The van der Waals surface area contributed by atoms with Gasteiger partial charge in [0.15, 0.2) is 0 Å². The van der Waals surface area contributed by atoms with E-state index in [2.05, 4.69) is 0 Å². The molecular weight excluding hydrogens is 641 g/mol. The highest BCUT2D eigenvalue weighted by Gasteiger charge is 2.20. The summed E-state index contributed by atoms with van der Waals surface area (Å²) in [5.74, 6) is 0. The zero-order chi connectivity index (χ0) is 57.5. The summed E-state index contributed by atoms with van der Waals surface area (Å²) in [6, 6.07) is -11.6. The Morgan fingerprint density at radius 3 is 1.64 bits per heavy atom. The van der Waals surface area contributed by atoms with E-state index in [1.807, 2.05) is 0 Å². The third kappa shape index (κ3) is 4.64. The summed E-state index contributed by atoms with van der Waals surface area (Å²) in [5, 5.41) is -3.16. The van der Waals surface area contributed by atoms with Crippen LogP contribution >= 0.6 is 0 Å². The van der Waals surface area contributed by atoms with Crippen molar-refractivity contribution in [2.75, 3.05) is 0 Å². The number of hydrogen-bond donors (Lipinski definition) is 0. The van der Waals surface area contributed by atoms with E-state index in [0.717, 1.165) is 0 Å². The van der Waals surface area contributed by atoms with Crippen LogP contribution in [0.3, 0.4) is 0 Å². The highest BCUT2D eigenvalue weighted by Crippen LogP contribution is 2.47. The summed E-state index contributed by atoms with van der Waals surface area (Å²) in [6.07, 6.45) is 0. The molecule has 246 valence electrons. The van der Waals surface area contributed by atoms with Crippen LogP contribution in [0.25, 0.3) is 110 Å². The molecule has 53 heavy (non-hydrogen) atoms. The molecule has 0 aliphatic heterocycles. The summed E-state index contributed by atoms with van der Waals surface area (Å²) >= 11 is 0. The molecule has 0 spiro atoms. The number of fused-ring (bicyclic) bond motifs is 7. The van der Waals surface area contributed by atoms with Crippen molar-refractivity contribution in [3.63, 3.8) is 0 Å². The fraction of sp³-hybridized carbons (Fsp3) is 0. The van der Waals surface area contributed by atoms with Gasteiger partial charge in [0.05, 0.1) is 35.6 Å². The van der Waals surface area contributed by atoms with Crippen molar-refractivity contribution in [3.8, 4) is 44.5 Å². The van der Waals surface area contributed by atoms with E-state index < -0.39 is 212 Å². The Balaban J connectivity index is 1.33. The first-order valence-electron chi connectivity index (χ1n) is 29.1. The van der Waals surface area contributed by atoms with Crippen molar-refractivity contribution in [2.45, 2.75) is 0 Å². The third-order valence-corrected chi connectivity index (χ3v) is 9.16. The van der Waals surface area contributed by atoms with E-state index in [9.17, 15) is 13.7 Å². The molecule has 0 aliphatic rings. The number of furan rings is 1. The van der Waals surface area contributed by atoms with Gasteiger partial charge in [-0.3, -0.25) is 0 Å². The lowest BCUT2D eigenvalue weighted by Gasteiger charge is -2.20. The second-order valence-corrected chi connectivity index (χ2v) is 12.0. The lowest BCUT2D eigenvalue weighted by Crippen LogP contribution is -1.93. The Morgan fingerprint density at radius 1 is 0.321 bits per heavy atom. The Kier molecular flexibility index (Phi) is 3.09. The van der Waals surface area contributed by atoms with Crippen LogP contribution in [-0.4, -0.2) is 0 Å². The zero-order valence-corrected chi connectivity index (χ0v) is 26.9. The molecule has 1 aromatic heterocycles. The van der Waals surface area contributed by atoms with Crippen LogP contribution in [0.2, 0.25) is 0 Å². The fourth-order valence-corrected chi connectivity index (χ4v) is 6.91. The van der Waals surface area contributed by atoms with Crippen LogP contribution in [0.5, 0.6) is 0 Å². The molecule has 0 aliphatic carbocycles. The number of rotatable bonds is 4. The van der Waals surface area contributed by atoms with Crippen molar-refractivity contribution in [1.82, 2.24) is 0 Å². The minimum Gasteiger partial charge on any atom is -0.456 e. The van der Waals surface area contributed by atoms with E-state index >= 15 is 0 Å². The van der Waals surface area contributed by atoms with Crippen LogP contribution < -0.4 is 0 Å². The van der Waals surface area contributed by atoms with Crippen LogP contribution in [-0.2, 0) is 0 Å². The summed E-state index contributed by atoms with van der Waals surface area (Å²) in [4.78, 5) is 0. The maximum atomic E-state index is 9.94. The van der Waals surface area contributed by atoms with E-state index in [1.165, 1.54) is 12.1 Å². The van der Waals surface area contributed by atoms with Crippen LogP contribution in [0, 0.1) is 0 Å². The number of para-hydroxylation sites is 1. The molecule has 0 amide bonds. The summed E-state index contributed by atoms with van der Waals surface area (Å²) < 4.78 is 241. The van der Waals surface area contributed by atoms with Crippen LogP contribution in [0.4, 0.5) is 0 Å². The van der Waals surface area contributed by atoms with E-state index in [4.69, 9.17) is 26.3 Å². The van der Waals surface area contributed by atoms with Crippen molar-refractivity contribution in [1.29, 1.82) is 0 Å². The molecule has 0 saturated carbocycles. The SMILES string of the molecule is [2H]c1c([2H])c(-c2c([2H])c([2H])c([2H])c3c([2H])c([2H])c([2H])c([2H])c23)c([2H])c(-c2c3c([2H])c([2H])c([2H])c([2H])c3c(-c3ccc(-c4c([2H])c([2H])c5oc6c([2H])c([2H])c([2H])c([2H])c6c5c4[2H])c4ccccc34)c3c([2H])c([2H])c([2H])c([2H])c23)c1[2H]. The van der Waals surface area contributed by atoms with Gasteiger partial charge < -0.3 is 4.42 Å². The van der Waals surface area contributed by atoms with Crippen molar-refractivity contribution in [2.24, 2.45) is 0 Å². The molecule has 1 heteroatoms. The van der Waals surface area contributed by atoms with Gasteiger partial charge in [0.2, 0.25) is 0 Å².